The number of aromatic nitrogens is 2. The first-order chi connectivity index (χ1) is 16.2. The number of carbonyl (C=O) groups excluding carboxylic acids is 2. The summed E-state index contributed by atoms with van der Waals surface area (Å²) in [5.41, 5.74) is 2.91. The largest absolute Gasteiger partial charge is 0.391 e. The Morgan fingerprint density at radius 3 is 2.71 bits per heavy atom. The number of carbonyl (C=O) groups is 2. The molecule has 0 bridgehead atoms. The van der Waals surface area contributed by atoms with Crippen LogP contribution in [-0.4, -0.2) is 50.2 Å². The SMILES string of the molecule is Cc1cc([C@H](C(=O)N2C[C@H](O)C[C@H]2C(=O)NOc2ccc3c(=O)n(C)ccc3c2)C(C)C)on1. The third-order valence-corrected chi connectivity index (χ3v) is 6.07. The molecule has 2 amide bonds. The average molecular weight is 469 g/mol. The molecule has 0 unspecified atom stereocenters. The van der Waals surface area contributed by atoms with Crippen molar-refractivity contribution in [1.82, 2.24) is 20.1 Å². The van der Waals surface area contributed by atoms with Gasteiger partial charge < -0.3 is 23.9 Å². The predicted molar refractivity (Wildman–Crippen MR) is 123 cm³/mol. The minimum atomic E-state index is -0.902. The quantitative estimate of drug-likeness (QED) is 0.527. The highest BCUT2D eigenvalue weighted by Crippen LogP contribution is 2.31. The Labute approximate surface area is 196 Å². The lowest BCUT2D eigenvalue weighted by atomic mass is 9.91. The van der Waals surface area contributed by atoms with Crippen LogP contribution in [0.1, 0.15) is 37.6 Å². The number of benzene rings is 1. The summed E-state index contributed by atoms with van der Waals surface area (Å²) in [6, 6.07) is 7.43. The molecule has 180 valence electrons. The van der Waals surface area contributed by atoms with Crippen molar-refractivity contribution in [3.63, 3.8) is 0 Å². The molecule has 0 saturated carbocycles. The minimum absolute atomic E-state index is 0.0343. The molecule has 4 rings (SSSR count). The standard InChI is InChI=1S/C24H28N4O6/c1-13(2)21(20-9-14(3)25-34-20)24(32)28-12-16(29)11-19(28)22(30)26-33-17-5-6-18-15(10-17)7-8-27(4)23(18)31/h5-10,13,16,19,21,29H,11-12H2,1-4H3,(H,26,30)/t16-,19+,21-/m1/s1. The van der Waals surface area contributed by atoms with Gasteiger partial charge in [-0.15, -0.1) is 0 Å². The van der Waals surface area contributed by atoms with Gasteiger partial charge in [0.2, 0.25) is 5.91 Å². The number of hydrogen-bond acceptors (Lipinski definition) is 7. The summed E-state index contributed by atoms with van der Waals surface area (Å²) in [7, 11) is 1.67. The number of β-amino-alcohol motifs (C(OH)–C–C–N with tert-alkyl or cyclic N) is 1. The lowest BCUT2D eigenvalue weighted by Gasteiger charge is -2.28. The van der Waals surface area contributed by atoms with Crippen LogP contribution in [0.15, 0.2) is 45.8 Å². The lowest BCUT2D eigenvalue weighted by molar-refractivity contribution is -0.143. The fourth-order valence-corrected chi connectivity index (χ4v) is 4.31. The van der Waals surface area contributed by atoms with Gasteiger partial charge in [0, 0.05) is 37.7 Å². The summed E-state index contributed by atoms with van der Waals surface area (Å²) < 4.78 is 6.82. The van der Waals surface area contributed by atoms with E-state index in [0.29, 0.717) is 28.0 Å². The highest BCUT2D eigenvalue weighted by molar-refractivity contribution is 5.91. The number of rotatable bonds is 6. The van der Waals surface area contributed by atoms with Crippen molar-refractivity contribution in [2.45, 2.75) is 45.3 Å². The Balaban J connectivity index is 1.49. The Morgan fingerprint density at radius 2 is 2.03 bits per heavy atom. The molecule has 3 heterocycles. The monoisotopic (exact) mass is 468 g/mol. The van der Waals surface area contributed by atoms with Crippen molar-refractivity contribution in [1.29, 1.82) is 0 Å². The average Bonchev–Trinajstić information content (AvgIpc) is 3.40. The maximum absolute atomic E-state index is 13.4. The summed E-state index contributed by atoms with van der Waals surface area (Å²) in [6.45, 7) is 5.58. The van der Waals surface area contributed by atoms with Gasteiger partial charge in [0.05, 0.1) is 11.8 Å². The number of aryl methyl sites for hydroxylation is 2. The van der Waals surface area contributed by atoms with Crippen LogP contribution in [0, 0.1) is 12.8 Å². The fraction of sp³-hybridized carbons (Fsp3) is 0.417. The van der Waals surface area contributed by atoms with Crippen LogP contribution in [0.3, 0.4) is 0 Å². The normalized spacial score (nSPS) is 18.9. The van der Waals surface area contributed by atoms with Gasteiger partial charge in [-0.3, -0.25) is 14.4 Å². The zero-order valence-corrected chi connectivity index (χ0v) is 19.5. The second-order valence-corrected chi connectivity index (χ2v) is 9.04. The molecule has 1 aliphatic rings. The lowest BCUT2D eigenvalue weighted by Crippen LogP contribution is -2.48. The third kappa shape index (κ3) is 4.54. The summed E-state index contributed by atoms with van der Waals surface area (Å²) in [4.78, 5) is 45.4. The highest BCUT2D eigenvalue weighted by atomic mass is 16.7. The number of aliphatic hydroxyl groups excluding tert-OH is 1. The molecule has 2 aromatic heterocycles. The van der Waals surface area contributed by atoms with E-state index in [1.165, 1.54) is 9.47 Å². The van der Waals surface area contributed by atoms with E-state index in [1.807, 2.05) is 13.8 Å². The second-order valence-electron chi connectivity index (χ2n) is 9.04. The van der Waals surface area contributed by atoms with E-state index in [9.17, 15) is 19.5 Å². The molecular weight excluding hydrogens is 440 g/mol. The summed E-state index contributed by atoms with van der Waals surface area (Å²) in [5.74, 6) is -0.845. The maximum atomic E-state index is 13.4. The van der Waals surface area contributed by atoms with E-state index in [-0.39, 0.29) is 30.3 Å². The van der Waals surface area contributed by atoms with Crippen LogP contribution in [0.25, 0.3) is 10.8 Å². The van der Waals surface area contributed by atoms with Crippen LogP contribution in [0.4, 0.5) is 0 Å². The Bertz CT molecular complexity index is 1280. The van der Waals surface area contributed by atoms with E-state index in [4.69, 9.17) is 9.36 Å². The van der Waals surface area contributed by atoms with E-state index in [0.717, 1.165) is 0 Å². The second kappa shape index (κ2) is 9.30. The van der Waals surface area contributed by atoms with Crippen LogP contribution in [0.2, 0.25) is 0 Å². The first kappa shape index (κ1) is 23.5. The topological polar surface area (TPSA) is 127 Å². The summed E-state index contributed by atoms with van der Waals surface area (Å²) >= 11 is 0. The minimum Gasteiger partial charge on any atom is -0.391 e. The van der Waals surface area contributed by atoms with Gasteiger partial charge in [-0.05, 0) is 42.5 Å². The zero-order chi connectivity index (χ0) is 24.6. The van der Waals surface area contributed by atoms with E-state index in [2.05, 4.69) is 10.6 Å². The first-order valence-electron chi connectivity index (χ1n) is 11.1. The van der Waals surface area contributed by atoms with Gasteiger partial charge in [-0.2, -0.15) is 5.48 Å². The van der Waals surface area contributed by atoms with Gasteiger partial charge in [-0.1, -0.05) is 19.0 Å². The van der Waals surface area contributed by atoms with Gasteiger partial charge in [0.15, 0.2) is 5.75 Å². The molecule has 3 atom stereocenters. The zero-order valence-electron chi connectivity index (χ0n) is 19.5. The van der Waals surface area contributed by atoms with E-state index in [1.54, 1.807) is 50.5 Å². The van der Waals surface area contributed by atoms with Crippen LogP contribution in [0.5, 0.6) is 5.75 Å². The van der Waals surface area contributed by atoms with Gasteiger partial charge in [-0.25, -0.2) is 0 Å². The van der Waals surface area contributed by atoms with Gasteiger partial charge in [0.1, 0.15) is 17.7 Å². The number of amides is 2. The molecule has 0 radical (unpaired) electrons. The van der Waals surface area contributed by atoms with E-state index < -0.39 is 24.0 Å². The van der Waals surface area contributed by atoms with Crippen LogP contribution < -0.4 is 15.9 Å². The van der Waals surface area contributed by atoms with Crippen molar-refractivity contribution < 1.29 is 24.1 Å². The van der Waals surface area contributed by atoms with Gasteiger partial charge in [0.25, 0.3) is 11.5 Å². The Hall–Kier alpha value is -3.66. The van der Waals surface area contributed by atoms with Gasteiger partial charge >= 0.3 is 0 Å². The van der Waals surface area contributed by atoms with Crippen molar-refractivity contribution >= 4 is 22.6 Å². The van der Waals surface area contributed by atoms with Crippen molar-refractivity contribution in [3.05, 3.63) is 58.3 Å². The number of likely N-dealkylation sites (tertiary alicyclic amines) is 1. The highest BCUT2D eigenvalue weighted by Gasteiger charge is 2.43. The van der Waals surface area contributed by atoms with Crippen molar-refractivity contribution in [2.75, 3.05) is 6.54 Å². The molecule has 1 fully saturated rings. The molecule has 10 heteroatoms. The number of pyridine rings is 1. The predicted octanol–water partition coefficient (Wildman–Crippen LogP) is 1.65. The van der Waals surface area contributed by atoms with Crippen LogP contribution >= 0.6 is 0 Å². The molecule has 0 aliphatic carbocycles. The van der Waals surface area contributed by atoms with Crippen LogP contribution in [-0.2, 0) is 16.6 Å². The fourth-order valence-electron chi connectivity index (χ4n) is 4.31. The molecule has 1 aromatic carbocycles. The molecule has 10 nitrogen and oxygen atoms in total. The van der Waals surface area contributed by atoms with E-state index >= 15 is 0 Å². The molecule has 34 heavy (non-hydrogen) atoms. The molecule has 1 aliphatic heterocycles. The smallest absolute Gasteiger partial charge is 0.275 e. The van der Waals surface area contributed by atoms with Crippen molar-refractivity contribution in [2.24, 2.45) is 13.0 Å². The summed E-state index contributed by atoms with van der Waals surface area (Å²) in [6.07, 6.45) is 0.910. The number of hydroxylamine groups is 1. The molecule has 2 N–H and O–H groups in total. The molecule has 0 spiro atoms. The Morgan fingerprint density at radius 1 is 1.26 bits per heavy atom. The number of aliphatic hydroxyl groups is 1. The number of fused-ring (bicyclic) bond motifs is 1. The summed E-state index contributed by atoms with van der Waals surface area (Å²) in [5, 5.41) is 15.3. The molecular formula is C24H28N4O6. The maximum Gasteiger partial charge on any atom is 0.275 e. The number of nitrogens with zero attached hydrogens (tertiary/aromatic N) is 3. The number of hydrogen-bond donors (Lipinski definition) is 2. The van der Waals surface area contributed by atoms with Crippen molar-refractivity contribution in [3.8, 4) is 5.75 Å². The third-order valence-electron chi connectivity index (χ3n) is 6.07. The Kier molecular flexibility index (Phi) is 6.43. The first-order valence-corrected chi connectivity index (χ1v) is 11.1. The molecule has 1 saturated heterocycles. The molecule has 3 aromatic rings. The number of nitrogens with one attached hydrogen (secondary N) is 1.